The van der Waals surface area contributed by atoms with Crippen LogP contribution in [0.4, 0.5) is 0 Å². The number of likely N-dealkylation sites (N-methyl/N-ethyl adjacent to an activating group) is 1. The van der Waals surface area contributed by atoms with E-state index in [2.05, 4.69) is 23.8 Å². The van der Waals surface area contributed by atoms with Gasteiger partial charge in [-0.15, -0.1) is 0 Å². The van der Waals surface area contributed by atoms with Crippen molar-refractivity contribution < 1.29 is 5.11 Å². The summed E-state index contributed by atoms with van der Waals surface area (Å²) >= 11 is 0. The summed E-state index contributed by atoms with van der Waals surface area (Å²) < 4.78 is 0. The Bertz CT molecular complexity index is 274. The number of piperazine rings is 1. The third-order valence-corrected chi connectivity index (χ3v) is 5.11. The maximum absolute atomic E-state index is 10.4. The van der Waals surface area contributed by atoms with Crippen LogP contribution in [0.25, 0.3) is 0 Å². The van der Waals surface area contributed by atoms with E-state index < -0.39 is 5.60 Å². The maximum atomic E-state index is 10.4. The van der Waals surface area contributed by atoms with Gasteiger partial charge in [-0.25, -0.2) is 0 Å². The summed E-state index contributed by atoms with van der Waals surface area (Å²) in [5, 5.41) is 10.4. The summed E-state index contributed by atoms with van der Waals surface area (Å²) in [6, 6.07) is 0.649. The molecule has 1 aliphatic heterocycles. The van der Waals surface area contributed by atoms with Crippen LogP contribution in [-0.2, 0) is 0 Å². The first-order chi connectivity index (χ1) is 8.55. The third kappa shape index (κ3) is 3.05. The molecule has 1 saturated carbocycles. The number of nitrogens with two attached hydrogens (primary N) is 1. The molecule has 2 aliphatic rings. The largest absolute Gasteiger partial charge is 0.388 e. The van der Waals surface area contributed by atoms with Crippen molar-refractivity contribution in [2.75, 3.05) is 39.8 Å². The van der Waals surface area contributed by atoms with E-state index in [1.807, 2.05) is 0 Å². The van der Waals surface area contributed by atoms with Gasteiger partial charge < -0.3 is 20.6 Å². The highest BCUT2D eigenvalue weighted by Crippen LogP contribution is 2.37. The van der Waals surface area contributed by atoms with Gasteiger partial charge in [0.25, 0.3) is 0 Å². The molecule has 0 amide bonds. The molecule has 1 saturated heterocycles. The lowest BCUT2D eigenvalue weighted by molar-refractivity contribution is 0.00149. The van der Waals surface area contributed by atoms with E-state index in [4.69, 9.17) is 5.73 Å². The molecule has 3 atom stereocenters. The minimum Gasteiger partial charge on any atom is -0.388 e. The van der Waals surface area contributed by atoms with Crippen LogP contribution in [0.15, 0.2) is 0 Å². The Hall–Kier alpha value is -0.160. The molecule has 1 aliphatic carbocycles. The molecule has 18 heavy (non-hydrogen) atoms. The molecule has 3 unspecified atom stereocenters. The van der Waals surface area contributed by atoms with Crippen LogP contribution < -0.4 is 5.73 Å². The fourth-order valence-electron chi connectivity index (χ4n) is 3.47. The first-order valence-electron chi connectivity index (χ1n) is 7.40. The number of hydrogen-bond donors (Lipinski definition) is 2. The lowest BCUT2D eigenvalue weighted by Gasteiger charge is -2.39. The van der Waals surface area contributed by atoms with E-state index in [0.717, 1.165) is 51.9 Å². The van der Waals surface area contributed by atoms with E-state index in [-0.39, 0.29) is 0 Å². The predicted molar refractivity (Wildman–Crippen MR) is 74.5 cm³/mol. The highest BCUT2D eigenvalue weighted by atomic mass is 16.3. The lowest BCUT2D eigenvalue weighted by Crippen LogP contribution is -2.51. The molecular weight excluding hydrogens is 226 g/mol. The predicted octanol–water partition coefficient (Wildman–Crippen LogP) is 0.502. The van der Waals surface area contributed by atoms with Gasteiger partial charge in [-0.2, -0.15) is 0 Å². The third-order valence-electron chi connectivity index (χ3n) is 5.11. The van der Waals surface area contributed by atoms with Crippen molar-refractivity contribution in [2.24, 2.45) is 11.7 Å². The Morgan fingerprint density at radius 2 is 2.17 bits per heavy atom. The van der Waals surface area contributed by atoms with Gasteiger partial charge in [-0.3, -0.25) is 0 Å². The lowest BCUT2D eigenvalue weighted by atomic mass is 9.88. The summed E-state index contributed by atoms with van der Waals surface area (Å²) in [4.78, 5) is 4.96. The first-order valence-corrected chi connectivity index (χ1v) is 7.40. The Labute approximate surface area is 111 Å². The van der Waals surface area contributed by atoms with Gasteiger partial charge in [0, 0.05) is 32.2 Å². The Kier molecular flexibility index (Phi) is 4.64. The van der Waals surface area contributed by atoms with Gasteiger partial charge in [0.05, 0.1) is 5.60 Å². The molecule has 1 heterocycles. The SMILES string of the molecule is CC1CN(CCC2CCCC2(O)CN)CCN1C. The molecule has 0 radical (unpaired) electrons. The molecule has 4 heteroatoms. The molecule has 4 nitrogen and oxygen atoms in total. The van der Waals surface area contributed by atoms with Crippen LogP contribution >= 0.6 is 0 Å². The van der Waals surface area contributed by atoms with E-state index in [1.54, 1.807) is 0 Å². The topological polar surface area (TPSA) is 52.7 Å². The molecule has 0 aromatic heterocycles. The number of aliphatic hydroxyl groups is 1. The van der Waals surface area contributed by atoms with E-state index >= 15 is 0 Å². The minimum atomic E-state index is -0.571. The molecule has 106 valence electrons. The molecule has 0 aromatic rings. The van der Waals surface area contributed by atoms with Crippen molar-refractivity contribution in [1.82, 2.24) is 9.80 Å². The molecule has 2 fully saturated rings. The second-order valence-electron chi connectivity index (χ2n) is 6.32. The molecule has 0 aromatic carbocycles. The van der Waals surface area contributed by atoms with Crippen LogP contribution in [-0.4, -0.2) is 66.3 Å². The molecule has 2 rings (SSSR count). The van der Waals surface area contributed by atoms with Crippen LogP contribution in [0, 0.1) is 5.92 Å². The van der Waals surface area contributed by atoms with Gasteiger partial charge in [-0.1, -0.05) is 6.42 Å². The molecule has 3 N–H and O–H groups in total. The first kappa shape index (κ1) is 14.3. The summed E-state index contributed by atoms with van der Waals surface area (Å²) in [5.74, 6) is 0.414. The van der Waals surface area contributed by atoms with Gasteiger partial charge in [0.1, 0.15) is 0 Å². The van der Waals surface area contributed by atoms with Crippen molar-refractivity contribution in [1.29, 1.82) is 0 Å². The van der Waals surface area contributed by atoms with E-state index in [0.29, 0.717) is 18.5 Å². The Morgan fingerprint density at radius 1 is 1.39 bits per heavy atom. The van der Waals surface area contributed by atoms with Crippen molar-refractivity contribution in [3.8, 4) is 0 Å². The Balaban J connectivity index is 1.78. The number of hydrogen-bond acceptors (Lipinski definition) is 4. The highest BCUT2D eigenvalue weighted by molar-refractivity contribution is 4.93. The number of rotatable bonds is 4. The quantitative estimate of drug-likeness (QED) is 0.768. The van der Waals surface area contributed by atoms with Crippen molar-refractivity contribution in [2.45, 2.75) is 44.2 Å². The molecule has 0 bridgehead atoms. The summed E-state index contributed by atoms with van der Waals surface area (Å²) in [5.41, 5.74) is 5.17. The average molecular weight is 255 g/mol. The molecule has 0 spiro atoms. The van der Waals surface area contributed by atoms with Crippen molar-refractivity contribution in [3.63, 3.8) is 0 Å². The zero-order chi connectivity index (χ0) is 13.2. The van der Waals surface area contributed by atoms with Gasteiger partial charge >= 0.3 is 0 Å². The van der Waals surface area contributed by atoms with E-state index in [1.165, 1.54) is 0 Å². The summed E-state index contributed by atoms with van der Waals surface area (Å²) in [7, 11) is 2.20. The monoisotopic (exact) mass is 255 g/mol. The van der Waals surface area contributed by atoms with Crippen LogP contribution in [0.3, 0.4) is 0 Å². The van der Waals surface area contributed by atoms with Gasteiger partial charge in [-0.05, 0) is 45.7 Å². The zero-order valence-electron chi connectivity index (χ0n) is 11.9. The average Bonchev–Trinajstić information content (AvgIpc) is 2.73. The minimum absolute atomic E-state index is 0.414. The summed E-state index contributed by atoms with van der Waals surface area (Å²) in [6.45, 7) is 7.31. The molecular formula is C14H29N3O. The van der Waals surface area contributed by atoms with Gasteiger partial charge in [0.15, 0.2) is 0 Å². The Morgan fingerprint density at radius 3 is 2.83 bits per heavy atom. The smallest absolute Gasteiger partial charge is 0.0797 e. The van der Waals surface area contributed by atoms with Crippen molar-refractivity contribution in [3.05, 3.63) is 0 Å². The normalized spacial score (nSPS) is 39.3. The van der Waals surface area contributed by atoms with Gasteiger partial charge in [0.2, 0.25) is 0 Å². The zero-order valence-corrected chi connectivity index (χ0v) is 11.9. The standard InChI is InChI=1S/C14H29N3O/c1-12-10-17(9-8-16(12)2)7-5-13-4-3-6-14(13,18)11-15/h12-13,18H,3-11,15H2,1-2H3. The second kappa shape index (κ2) is 5.87. The maximum Gasteiger partial charge on any atom is 0.0797 e. The van der Waals surface area contributed by atoms with E-state index in [9.17, 15) is 5.11 Å². The van der Waals surface area contributed by atoms with Crippen LogP contribution in [0.5, 0.6) is 0 Å². The van der Waals surface area contributed by atoms with Crippen molar-refractivity contribution >= 4 is 0 Å². The highest BCUT2D eigenvalue weighted by Gasteiger charge is 2.39. The van der Waals surface area contributed by atoms with Crippen LogP contribution in [0.2, 0.25) is 0 Å². The number of nitrogens with zero attached hydrogens (tertiary/aromatic N) is 2. The van der Waals surface area contributed by atoms with Crippen LogP contribution in [0.1, 0.15) is 32.6 Å². The fourth-order valence-corrected chi connectivity index (χ4v) is 3.47. The fraction of sp³-hybridized carbons (Fsp3) is 1.00. The second-order valence-corrected chi connectivity index (χ2v) is 6.32. The summed E-state index contributed by atoms with van der Waals surface area (Å²) in [6.07, 6.45) is 4.28.